The number of nitrogens with one attached hydrogen (secondary N) is 1. The highest BCUT2D eigenvalue weighted by Gasteiger charge is 2.27. The van der Waals surface area contributed by atoms with Crippen LogP contribution in [0.5, 0.6) is 0 Å². The second-order valence-corrected chi connectivity index (χ2v) is 6.09. The van der Waals surface area contributed by atoms with E-state index >= 15 is 0 Å². The average molecular weight is 220 g/mol. The van der Waals surface area contributed by atoms with Gasteiger partial charge in [0.15, 0.2) is 0 Å². The van der Waals surface area contributed by atoms with E-state index in [1.54, 1.807) is 7.05 Å². The summed E-state index contributed by atoms with van der Waals surface area (Å²) >= 11 is 0. The SMILES string of the molecule is CCNCCS(=O)(=O)N(C)CC1CC1. The zero-order valence-electron chi connectivity index (χ0n) is 8.99. The molecular formula is C9H20N2O2S. The molecule has 14 heavy (non-hydrogen) atoms. The van der Waals surface area contributed by atoms with Crippen LogP contribution in [0.15, 0.2) is 0 Å². The molecule has 0 aromatic carbocycles. The molecule has 1 aliphatic carbocycles. The van der Waals surface area contributed by atoms with Crippen molar-refractivity contribution in [2.24, 2.45) is 5.92 Å². The van der Waals surface area contributed by atoms with Gasteiger partial charge in [0.1, 0.15) is 0 Å². The van der Waals surface area contributed by atoms with Gasteiger partial charge in [-0.1, -0.05) is 6.92 Å². The summed E-state index contributed by atoms with van der Waals surface area (Å²) < 4.78 is 24.8. The molecule has 0 amide bonds. The van der Waals surface area contributed by atoms with Crippen molar-refractivity contribution >= 4 is 10.0 Å². The van der Waals surface area contributed by atoms with Crippen LogP contribution in [0.1, 0.15) is 19.8 Å². The van der Waals surface area contributed by atoms with Crippen molar-refractivity contribution in [3.05, 3.63) is 0 Å². The van der Waals surface area contributed by atoms with Crippen molar-refractivity contribution in [2.75, 3.05) is 32.4 Å². The van der Waals surface area contributed by atoms with Gasteiger partial charge in [-0.25, -0.2) is 12.7 Å². The van der Waals surface area contributed by atoms with Crippen LogP contribution in [0.4, 0.5) is 0 Å². The molecule has 1 fully saturated rings. The van der Waals surface area contributed by atoms with Crippen LogP contribution in [0, 0.1) is 5.92 Å². The molecule has 0 atom stereocenters. The maximum atomic E-state index is 11.7. The molecule has 0 bridgehead atoms. The maximum Gasteiger partial charge on any atom is 0.215 e. The number of rotatable bonds is 7. The highest BCUT2D eigenvalue weighted by molar-refractivity contribution is 7.89. The van der Waals surface area contributed by atoms with Gasteiger partial charge in [0.05, 0.1) is 5.75 Å². The van der Waals surface area contributed by atoms with Crippen LogP contribution in [0.2, 0.25) is 0 Å². The molecule has 1 saturated carbocycles. The third kappa shape index (κ3) is 3.94. The Balaban J connectivity index is 2.30. The summed E-state index contributed by atoms with van der Waals surface area (Å²) in [6.45, 7) is 4.05. The Hall–Kier alpha value is -0.130. The first-order valence-corrected chi connectivity index (χ1v) is 6.82. The average Bonchev–Trinajstić information content (AvgIpc) is 2.88. The van der Waals surface area contributed by atoms with E-state index in [0.29, 0.717) is 19.0 Å². The Kier molecular flexibility index (Phi) is 4.34. The predicted molar refractivity (Wildman–Crippen MR) is 57.7 cm³/mol. The fourth-order valence-electron chi connectivity index (χ4n) is 1.31. The van der Waals surface area contributed by atoms with Crippen molar-refractivity contribution in [2.45, 2.75) is 19.8 Å². The van der Waals surface area contributed by atoms with Crippen LogP contribution in [-0.2, 0) is 10.0 Å². The molecule has 0 heterocycles. The van der Waals surface area contributed by atoms with E-state index in [1.165, 1.54) is 17.1 Å². The largest absolute Gasteiger partial charge is 0.316 e. The van der Waals surface area contributed by atoms with Gasteiger partial charge in [-0.05, 0) is 25.3 Å². The second kappa shape index (κ2) is 5.09. The molecule has 4 nitrogen and oxygen atoms in total. The lowest BCUT2D eigenvalue weighted by Gasteiger charge is -2.16. The van der Waals surface area contributed by atoms with Gasteiger partial charge in [0.25, 0.3) is 0 Å². The van der Waals surface area contributed by atoms with E-state index in [2.05, 4.69) is 5.32 Å². The van der Waals surface area contributed by atoms with Crippen molar-refractivity contribution in [3.8, 4) is 0 Å². The Bertz CT molecular complexity index is 260. The number of sulfonamides is 1. The van der Waals surface area contributed by atoms with Crippen molar-refractivity contribution in [1.82, 2.24) is 9.62 Å². The molecule has 1 rings (SSSR count). The van der Waals surface area contributed by atoms with Crippen molar-refractivity contribution < 1.29 is 8.42 Å². The number of nitrogens with zero attached hydrogens (tertiary/aromatic N) is 1. The second-order valence-electron chi connectivity index (χ2n) is 3.89. The molecule has 0 radical (unpaired) electrons. The maximum absolute atomic E-state index is 11.7. The smallest absolute Gasteiger partial charge is 0.215 e. The molecular weight excluding hydrogens is 200 g/mol. The Morgan fingerprint density at radius 2 is 2.07 bits per heavy atom. The van der Waals surface area contributed by atoms with Crippen LogP contribution in [-0.4, -0.2) is 45.2 Å². The summed E-state index contributed by atoms with van der Waals surface area (Å²) in [5.41, 5.74) is 0. The summed E-state index contributed by atoms with van der Waals surface area (Å²) in [6.07, 6.45) is 2.38. The molecule has 5 heteroatoms. The molecule has 0 aliphatic heterocycles. The van der Waals surface area contributed by atoms with Crippen molar-refractivity contribution in [3.63, 3.8) is 0 Å². The summed E-state index contributed by atoms with van der Waals surface area (Å²) in [6, 6.07) is 0. The minimum atomic E-state index is -3.02. The highest BCUT2D eigenvalue weighted by Crippen LogP contribution is 2.29. The third-order valence-corrected chi connectivity index (χ3v) is 4.29. The van der Waals surface area contributed by atoms with Gasteiger partial charge in [-0.15, -0.1) is 0 Å². The van der Waals surface area contributed by atoms with Crippen LogP contribution in [0.3, 0.4) is 0 Å². The minimum absolute atomic E-state index is 0.212. The Morgan fingerprint density at radius 3 is 2.57 bits per heavy atom. The Labute approximate surface area is 86.7 Å². The first kappa shape index (κ1) is 11.9. The van der Waals surface area contributed by atoms with Gasteiger partial charge in [0, 0.05) is 20.1 Å². The fourth-order valence-corrected chi connectivity index (χ4v) is 2.46. The van der Waals surface area contributed by atoms with E-state index < -0.39 is 10.0 Å². The van der Waals surface area contributed by atoms with E-state index in [-0.39, 0.29) is 5.75 Å². The summed E-state index contributed by atoms with van der Waals surface area (Å²) in [5.74, 6) is 0.832. The van der Waals surface area contributed by atoms with E-state index in [9.17, 15) is 8.42 Å². The normalized spacial score (nSPS) is 17.6. The first-order valence-electron chi connectivity index (χ1n) is 5.21. The van der Waals surface area contributed by atoms with Crippen LogP contribution < -0.4 is 5.32 Å². The molecule has 84 valence electrons. The lowest BCUT2D eigenvalue weighted by Crippen LogP contribution is -2.34. The molecule has 1 N–H and O–H groups in total. The van der Waals surface area contributed by atoms with Gasteiger partial charge in [0.2, 0.25) is 10.0 Å². The zero-order chi connectivity index (χ0) is 10.6. The molecule has 1 aliphatic rings. The third-order valence-electron chi connectivity index (χ3n) is 2.47. The molecule has 0 saturated heterocycles. The molecule has 0 aromatic rings. The number of hydrogen-bond donors (Lipinski definition) is 1. The standard InChI is InChI=1S/C9H20N2O2S/c1-3-10-6-7-14(12,13)11(2)8-9-4-5-9/h9-10H,3-8H2,1-2H3. The summed E-state index contributed by atoms with van der Waals surface area (Å²) in [5, 5.41) is 3.02. The number of hydrogen-bond acceptors (Lipinski definition) is 3. The fraction of sp³-hybridized carbons (Fsp3) is 1.00. The summed E-state index contributed by atoms with van der Waals surface area (Å²) in [4.78, 5) is 0. The van der Waals surface area contributed by atoms with Crippen LogP contribution in [0.25, 0.3) is 0 Å². The van der Waals surface area contributed by atoms with Crippen molar-refractivity contribution in [1.29, 1.82) is 0 Å². The molecule has 0 spiro atoms. The van der Waals surface area contributed by atoms with Crippen LogP contribution >= 0.6 is 0 Å². The van der Waals surface area contributed by atoms with E-state index in [4.69, 9.17) is 0 Å². The monoisotopic (exact) mass is 220 g/mol. The van der Waals surface area contributed by atoms with E-state index in [1.807, 2.05) is 6.92 Å². The van der Waals surface area contributed by atoms with Gasteiger partial charge in [-0.3, -0.25) is 0 Å². The summed E-state index contributed by atoms with van der Waals surface area (Å²) in [7, 11) is -1.34. The quantitative estimate of drug-likeness (QED) is 0.626. The molecule has 0 aromatic heterocycles. The van der Waals surface area contributed by atoms with E-state index in [0.717, 1.165) is 6.54 Å². The van der Waals surface area contributed by atoms with Gasteiger partial charge >= 0.3 is 0 Å². The van der Waals surface area contributed by atoms with Gasteiger partial charge < -0.3 is 5.32 Å². The lowest BCUT2D eigenvalue weighted by molar-refractivity contribution is 0.451. The predicted octanol–water partition coefficient (Wildman–Crippen LogP) is 0.268. The van der Waals surface area contributed by atoms with Gasteiger partial charge in [-0.2, -0.15) is 0 Å². The first-order chi connectivity index (χ1) is 6.56. The Morgan fingerprint density at radius 1 is 1.43 bits per heavy atom. The minimum Gasteiger partial charge on any atom is -0.316 e. The molecule has 0 unspecified atom stereocenters. The lowest BCUT2D eigenvalue weighted by atomic mass is 10.4. The zero-order valence-corrected chi connectivity index (χ0v) is 9.81. The topological polar surface area (TPSA) is 49.4 Å². The highest BCUT2D eigenvalue weighted by atomic mass is 32.2.